The van der Waals surface area contributed by atoms with Crippen LogP contribution in [0.3, 0.4) is 0 Å². The van der Waals surface area contributed by atoms with Gasteiger partial charge in [0, 0.05) is 19.2 Å². The molecule has 0 saturated carbocycles. The van der Waals surface area contributed by atoms with Gasteiger partial charge in [-0.2, -0.15) is 5.26 Å². The van der Waals surface area contributed by atoms with Crippen molar-refractivity contribution in [3.63, 3.8) is 0 Å². The zero-order valence-corrected chi connectivity index (χ0v) is 11.7. The maximum absolute atomic E-state index is 12.8. The predicted octanol–water partition coefficient (Wildman–Crippen LogP) is 2.95. The first-order chi connectivity index (χ1) is 10.1. The topological polar surface area (TPSA) is 44.1 Å². The van der Waals surface area contributed by atoms with E-state index >= 15 is 0 Å². The number of nitrogens with zero attached hydrogens (tertiary/aromatic N) is 2. The highest BCUT2D eigenvalue weighted by Crippen LogP contribution is 2.13. The van der Waals surface area contributed by atoms with Crippen LogP contribution in [0.2, 0.25) is 0 Å². The molecule has 0 aromatic heterocycles. The van der Waals surface area contributed by atoms with Crippen molar-refractivity contribution in [3.05, 3.63) is 65.5 Å². The minimum absolute atomic E-state index is 0.0495. The van der Waals surface area contributed by atoms with Gasteiger partial charge in [0.05, 0.1) is 18.2 Å². The Labute approximate surface area is 123 Å². The SMILES string of the molecule is CN(CC(=O)Cc1ccc(F)cc1)c1ccc(C#N)cc1. The van der Waals surface area contributed by atoms with Gasteiger partial charge in [-0.1, -0.05) is 12.1 Å². The third-order valence-corrected chi connectivity index (χ3v) is 3.17. The fraction of sp³-hybridized carbons (Fsp3) is 0.176. The molecule has 106 valence electrons. The van der Waals surface area contributed by atoms with E-state index in [1.54, 1.807) is 24.3 Å². The Morgan fingerprint density at radius 3 is 2.33 bits per heavy atom. The Morgan fingerprint density at radius 1 is 1.14 bits per heavy atom. The summed E-state index contributed by atoms with van der Waals surface area (Å²) >= 11 is 0. The minimum atomic E-state index is -0.305. The van der Waals surface area contributed by atoms with Crippen molar-refractivity contribution in [3.8, 4) is 6.07 Å². The van der Waals surface area contributed by atoms with Gasteiger partial charge >= 0.3 is 0 Å². The van der Waals surface area contributed by atoms with Crippen LogP contribution in [0.15, 0.2) is 48.5 Å². The lowest BCUT2D eigenvalue weighted by Gasteiger charge is -2.18. The third kappa shape index (κ3) is 4.15. The largest absolute Gasteiger partial charge is 0.367 e. The van der Waals surface area contributed by atoms with E-state index in [1.807, 2.05) is 24.1 Å². The molecule has 21 heavy (non-hydrogen) atoms. The van der Waals surface area contributed by atoms with Crippen LogP contribution >= 0.6 is 0 Å². The monoisotopic (exact) mass is 282 g/mol. The summed E-state index contributed by atoms with van der Waals surface area (Å²) in [5.74, 6) is -0.255. The molecule has 0 fully saturated rings. The lowest BCUT2D eigenvalue weighted by atomic mass is 10.1. The fourth-order valence-electron chi connectivity index (χ4n) is 2.03. The number of hydrogen-bond donors (Lipinski definition) is 0. The Bertz CT molecular complexity index is 657. The molecule has 4 heteroatoms. The second-order valence-electron chi connectivity index (χ2n) is 4.86. The average molecular weight is 282 g/mol. The summed E-state index contributed by atoms with van der Waals surface area (Å²) in [4.78, 5) is 13.8. The zero-order valence-electron chi connectivity index (χ0n) is 11.7. The molecule has 0 radical (unpaired) electrons. The molecule has 0 N–H and O–H groups in total. The smallest absolute Gasteiger partial charge is 0.156 e. The molecule has 0 unspecified atom stereocenters. The molecule has 2 aromatic carbocycles. The summed E-state index contributed by atoms with van der Waals surface area (Å²) in [5.41, 5.74) is 2.26. The number of carbonyl (C=O) groups is 1. The van der Waals surface area contributed by atoms with E-state index < -0.39 is 0 Å². The van der Waals surface area contributed by atoms with Gasteiger partial charge in [0.15, 0.2) is 5.78 Å². The number of Topliss-reactive ketones (excluding diaryl/α,β-unsaturated/α-hetero) is 1. The highest BCUT2D eigenvalue weighted by Gasteiger charge is 2.09. The lowest BCUT2D eigenvalue weighted by Crippen LogP contribution is -2.26. The number of nitriles is 1. The first-order valence-electron chi connectivity index (χ1n) is 6.56. The quantitative estimate of drug-likeness (QED) is 0.847. The normalized spacial score (nSPS) is 9.95. The summed E-state index contributed by atoms with van der Waals surface area (Å²) in [6.07, 6.45) is 0.279. The first-order valence-corrected chi connectivity index (χ1v) is 6.56. The maximum Gasteiger partial charge on any atom is 0.156 e. The number of rotatable bonds is 5. The van der Waals surface area contributed by atoms with Crippen LogP contribution in [-0.4, -0.2) is 19.4 Å². The first kappa shape index (κ1) is 14.7. The van der Waals surface area contributed by atoms with Crippen molar-refractivity contribution in [2.45, 2.75) is 6.42 Å². The van der Waals surface area contributed by atoms with Crippen molar-refractivity contribution in [1.82, 2.24) is 0 Å². The molecule has 2 aromatic rings. The minimum Gasteiger partial charge on any atom is -0.367 e. The van der Waals surface area contributed by atoms with Gasteiger partial charge in [-0.05, 0) is 42.0 Å². The van der Waals surface area contributed by atoms with E-state index in [-0.39, 0.29) is 24.6 Å². The van der Waals surface area contributed by atoms with E-state index in [4.69, 9.17) is 5.26 Å². The fourth-order valence-corrected chi connectivity index (χ4v) is 2.03. The number of carbonyl (C=O) groups excluding carboxylic acids is 1. The number of anilines is 1. The van der Waals surface area contributed by atoms with Gasteiger partial charge < -0.3 is 4.90 Å². The highest BCUT2D eigenvalue weighted by molar-refractivity contribution is 5.85. The number of halogens is 1. The molecule has 0 spiro atoms. The van der Waals surface area contributed by atoms with Gasteiger partial charge in [0.2, 0.25) is 0 Å². The second-order valence-corrected chi connectivity index (χ2v) is 4.86. The van der Waals surface area contributed by atoms with Crippen molar-refractivity contribution >= 4 is 11.5 Å². The molecule has 0 aliphatic heterocycles. The van der Waals surface area contributed by atoms with Crippen molar-refractivity contribution in [1.29, 1.82) is 5.26 Å². The number of hydrogen-bond acceptors (Lipinski definition) is 3. The zero-order chi connectivity index (χ0) is 15.2. The van der Waals surface area contributed by atoms with Crippen LogP contribution in [0.5, 0.6) is 0 Å². The van der Waals surface area contributed by atoms with E-state index in [2.05, 4.69) is 6.07 Å². The molecule has 2 rings (SSSR count). The number of likely N-dealkylation sites (N-methyl/N-ethyl adjacent to an activating group) is 1. The molecular formula is C17H15FN2O. The molecule has 3 nitrogen and oxygen atoms in total. The van der Waals surface area contributed by atoms with Gasteiger partial charge in [-0.15, -0.1) is 0 Å². The Morgan fingerprint density at radius 2 is 1.76 bits per heavy atom. The molecule has 0 amide bonds. The van der Waals surface area contributed by atoms with E-state index in [0.29, 0.717) is 5.56 Å². The van der Waals surface area contributed by atoms with Crippen molar-refractivity contribution in [2.24, 2.45) is 0 Å². The van der Waals surface area contributed by atoms with Crippen LogP contribution in [-0.2, 0) is 11.2 Å². The van der Waals surface area contributed by atoms with Gasteiger partial charge in [-0.25, -0.2) is 4.39 Å². The van der Waals surface area contributed by atoms with E-state index in [0.717, 1.165) is 11.3 Å². The van der Waals surface area contributed by atoms with Crippen LogP contribution in [0.4, 0.5) is 10.1 Å². The Hall–Kier alpha value is -2.67. The maximum atomic E-state index is 12.8. The Kier molecular flexibility index (Phi) is 4.68. The van der Waals surface area contributed by atoms with Crippen LogP contribution < -0.4 is 4.90 Å². The number of ketones is 1. The summed E-state index contributed by atoms with van der Waals surface area (Å²) in [7, 11) is 1.82. The van der Waals surface area contributed by atoms with Gasteiger partial charge in [0.1, 0.15) is 5.82 Å². The summed E-state index contributed by atoms with van der Waals surface area (Å²) in [5, 5.41) is 8.75. The van der Waals surface area contributed by atoms with E-state index in [1.165, 1.54) is 12.1 Å². The second kappa shape index (κ2) is 6.67. The highest BCUT2D eigenvalue weighted by atomic mass is 19.1. The lowest BCUT2D eigenvalue weighted by molar-refractivity contribution is -0.117. The van der Waals surface area contributed by atoms with E-state index in [9.17, 15) is 9.18 Å². The average Bonchev–Trinajstić information content (AvgIpc) is 2.49. The molecule has 0 aliphatic carbocycles. The van der Waals surface area contributed by atoms with Crippen LogP contribution in [0, 0.1) is 17.1 Å². The molecule has 0 heterocycles. The van der Waals surface area contributed by atoms with Gasteiger partial charge in [-0.3, -0.25) is 4.79 Å². The van der Waals surface area contributed by atoms with Crippen LogP contribution in [0.1, 0.15) is 11.1 Å². The van der Waals surface area contributed by atoms with Crippen molar-refractivity contribution in [2.75, 3.05) is 18.5 Å². The molecule has 0 bridgehead atoms. The third-order valence-electron chi connectivity index (χ3n) is 3.17. The molecule has 0 aliphatic rings. The Balaban J connectivity index is 1.95. The van der Waals surface area contributed by atoms with Crippen molar-refractivity contribution < 1.29 is 9.18 Å². The summed E-state index contributed by atoms with van der Waals surface area (Å²) in [6.45, 7) is 0.267. The molecule has 0 atom stereocenters. The molecular weight excluding hydrogens is 267 g/mol. The molecule has 0 saturated heterocycles. The standard InChI is InChI=1S/C17H15FN2O/c1-20(16-8-4-14(11-19)5-9-16)12-17(21)10-13-2-6-15(18)7-3-13/h2-9H,10,12H2,1H3. The number of benzene rings is 2. The predicted molar refractivity (Wildman–Crippen MR) is 79.5 cm³/mol. The van der Waals surface area contributed by atoms with Gasteiger partial charge in [0.25, 0.3) is 0 Å². The van der Waals surface area contributed by atoms with Crippen LogP contribution in [0.25, 0.3) is 0 Å². The summed E-state index contributed by atoms with van der Waals surface area (Å²) < 4.78 is 12.8. The summed E-state index contributed by atoms with van der Waals surface area (Å²) in [6, 6.07) is 15.1.